The topological polar surface area (TPSA) is 80.3 Å². The Morgan fingerprint density at radius 1 is 1.20 bits per heavy atom. The summed E-state index contributed by atoms with van der Waals surface area (Å²) in [5, 5.41) is 6.61. The number of rotatable bonds is 3. The molecule has 0 saturated carbocycles. The number of ether oxygens (including phenoxy) is 1. The standard InChI is InChI=1S/C19H15N3O3/c23-17(21-14-5-1-3-13-4-2-8-20-19(13)14)10-12-6-7-16-15(9-12)22-18(24)11-25-16/h1-9H,10-11H2,(H,21,23)(H,22,24). The van der Waals surface area contributed by atoms with E-state index >= 15 is 0 Å². The van der Waals surface area contributed by atoms with Gasteiger partial charge in [0.25, 0.3) is 5.91 Å². The van der Waals surface area contributed by atoms with Crippen molar-refractivity contribution in [2.45, 2.75) is 6.42 Å². The summed E-state index contributed by atoms with van der Waals surface area (Å²) in [6.45, 7) is 0.0148. The minimum atomic E-state index is -0.198. The van der Waals surface area contributed by atoms with E-state index in [0.29, 0.717) is 17.1 Å². The molecule has 0 spiro atoms. The number of para-hydroxylation sites is 1. The van der Waals surface area contributed by atoms with Crippen molar-refractivity contribution in [1.29, 1.82) is 0 Å². The number of hydrogen-bond donors (Lipinski definition) is 2. The number of anilines is 2. The van der Waals surface area contributed by atoms with Crippen LogP contribution in [0.25, 0.3) is 10.9 Å². The molecule has 4 rings (SSSR count). The van der Waals surface area contributed by atoms with Gasteiger partial charge < -0.3 is 15.4 Å². The highest BCUT2D eigenvalue weighted by atomic mass is 16.5. The summed E-state index contributed by atoms with van der Waals surface area (Å²) in [6, 6.07) is 14.8. The van der Waals surface area contributed by atoms with Gasteiger partial charge in [-0.25, -0.2) is 0 Å². The molecule has 2 N–H and O–H groups in total. The maximum absolute atomic E-state index is 12.4. The van der Waals surface area contributed by atoms with Gasteiger partial charge in [-0.05, 0) is 29.8 Å². The van der Waals surface area contributed by atoms with Crippen molar-refractivity contribution in [3.8, 4) is 5.75 Å². The second kappa shape index (κ2) is 6.24. The quantitative estimate of drug-likeness (QED) is 0.772. The Morgan fingerprint density at radius 2 is 2.08 bits per heavy atom. The minimum Gasteiger partial charge on any atom is -0.482 e. The molecule has 25 heavy (non-hydrogen) atoms. The SMILES string of the molecule is O=C1COc2ccc(CC(=O)Nc3cccc4cccnc34)cc2N1. The predicted molar refractivity (Wildman–Crippen MR) is 94.6 cm³/mol. The van der Waals surface area contributed by atoms with Crippen molar-refractivity contribution in [2.24, 2.45) is 0 Å². The van der Waals surface area contributed by atoms with Gasteiger partial charge >= 0.3 is 0 Å². The fourth-order valence-corrected chi connectivity index (χ4v) is 2.83. The number of pyridine rings is 1. The summed E-state index contributed by atoms with van der Waals surface area (Å²) in [4.78, 5) is 28.1. The molecule has 1 aliphatic rings. The van der Waals surface area contributed by atoms with Gasteiger partial charge in [0.15, 0.2) is 6.61 Å². The minimum absolute atomic E-state index is 0.0148. The van der Waals surface area contributed by atoms with Gasteiger partial charge in [0, 0.05) is 11.6 Å². The third kappa shape index (κ3) is 3.14. The molecule has 0 atom stereocenters. The van der Waals surface area contributed by atoms with Crippen LogP contribution in [0.1, 0.15) is 5.56 Å². The third-order valence-electron chi connectivity index (χ3n) is 3.95. The Labute approximate surface area is 143 Å². The van der Waals surface area contributed by atoms with E-state index in [2.05, 4.69) is 15.6 Å². The first-order valence-corrected chi connectivity index (χ1v) is 7.88. The Kier molecular flexibility index (Phi) is 3.78. The molecule has 0 aliphatic carbocycles. The summed E-state index contributed by atoms with van der Waals surface area (Å²) in [5.41, 5.74) is 2.81. The molecule has 6 heteroatoms. The molecule has 2 aromatic carbocycles. The molecule has 0 radical (unpaired) electrons. The van der Waals surface area contributed by atoms with E-state index in [0.717, 1.165) is 16.5 Å². The monoisotopic (exact) mass is 333 g/mol. The first-order valence-electron chi connectivity index (χ1n) is 7.88. The number of nitrogens with one attached hydrogen (secondary N) is 2. The fraction of sp³-hybridized carbons (Fsp3) is 0.105. The van der Waals surface area contributed by atoms with Gasteiger partial charge in [-0.1, -0.05) is 24.3 Å². The number of carbonyl (C=O) groups excluding carboxylic acids is 2. The van der Waals surface area contributed by atoms with Crippen LogP contribution in [0.3, 0.4) is 0 Å². The van der Waals surface area contributed by atoms with Crippen LogP contribution in [-0.4, -0.2) is 23.4 Å². The molecule has 2 heterocycles. The molecule has 0 bridgehead atoms. The van der Waals surface area contributed by atoms with Crippen molar-refractivity contribution in [3.05, 3.63) is 60.3 Å². The normalized spacial score (nSPS) is 12.9. The molecular formula is C19H15N3O3. The number of nitrogens with zero attached hydrogens (tertiary/aromatic N) is 1. The van der Waals surface area contributed by atoms with Gasteiger partial charge in [0.05, 0.1) is 23.3 Å². The van der Waals surface area contributed by atoms with Crippen LogP contribution in [0.15, 0.2) is 54.7 Å². The van der Waals surface area contributed by atoms with Crippen molar-refractivity contribution in [1.82, 2.24) is 4.98 Å². The van der Waals surface area contributed by atoms with Crippen molar-refractivity contribution < 1.29 is 14.3 Å². The van der Waals surface area contributed by atoms with Gasteiger partial charge in [-0.3, -0.25) is 14.6 Å². The number of carbonyl (C=O) groups is 2. The van der Waals surface area contributed by atoms with Crippen molar-refractivity contribution in [2.75, 3.05) is 17.2 Å². The average Bonchev–Trinajstić information content (AvgIpc) is 2.61. The highest BCUT2D eigenvalue weighted by Crippen LogP contribution is 2.29. The summed E-state index contributed by atoms with van der Waals surface area (Å²) in [7, 11) is 0. The van der Waals surface area contributed by atoms with Crippen molar-refractivity contribution >= 4 is 34.1 Å². The molecule has 1 aliphatic heterocycles. The highest BCUT2D eigenvalue weighted by Gasteiger charge is 2.16. The average molecular weight is 333 g/mol. The molecule has 6 nitrogen and oxygen atoms in total. The zero-order chi connectivity index (χ0) is 17.2. The van der Waals surface area contributed by atoms with E-state index in [1.54, 1.807) is 18.3 Å². The number of benzene rings is 2. The lowest BCUT2D eigenvalue weighted by Crippen LogP contribution is -2.25. The maximum Gasteiger partial charge on any atom is 0.262 e. The summed E-state index contributed by atoms with van der Waals surface area (Å²) in [5.74, 6) is 0.263. The Morgan fingerprint density at radius 3 is 3.00 bits per heavy atom. The number of aromatic nitrogens is 1. The van der Waals surface area contributed by atoms with Crippen LogP contribution in [0.2, 0.25) is 0 Å². The smallest absolute Gasteiger partial charge is 0.262 e. The molecule has 2 amide bonds. The lowest BCUT2D eigenvalue weighted by molar-refractivity contribution is -0.118. The largest absolute Gasteiger partial charge is 0.482 e. The summed E-state index contributed by atoms with van der Waals surface area (Å²) < 4.78 is 5.32. The highest BCUT2D eigenvalue weighted by molar-refractivity contribution is 6.01. The molecule has 0 saturated heterocycles. The van der Waals surface area contributed by atoms with Crippen LogP contribution < -0.4 is 15.4 Å². The third-order valence-corrected chi connectivity index (χ3v) is 3.95. The molecule has 0 unspecified atom stereocenters. The van der Waals surface area contributed by atoms with E-state index in [9.17, 15) is 9.59 Å². The Hall–Kier alpha value is -3.41. The van der Waals surface area contributed by atoms with Gasteiger partial charge in [0.1, 0.15) is 5.75 Å². The number of amides is 2. The van der Waals surface area contributed by atoms with Crippen LogP contribution in [0.4, 0.5) is 11.4 Å². The molecule has 0 fully saturated rings. The van der Waals surface area contributed by atoms with E-state index in [1.807, 2.05) is 36.4 Å². The van der Waals surface area contributed by atoms with E-state index in [4.69, 9.17) is 4.74 Å². The predicted octanol–water partition coefficient (Wildman–Crippen LogP) is 2.75. The molecular weight excluding hydrogens is 318 g/mol. The summed E-state index contributed by atoms with van der Waals surface area (Å²) >= 11 is 0. The van der Waals surface area contributed by atoms with Crippen LogP contribution >= 0.6 is 0 Å². The first kappa shape index (κ1) is 15.1. The van der Waals surface area contributed by atoms with Gasteiger partial charge in [0.2, 0.25) is 5.91 Å². The zero-order valence-electron chi connectivity index (χ0n) is 13.3. The Bertz CT molecular complexity index is 979. The van der Waals surface area contributed by atoms with Gasteiger partial charge in [-0.15, -0.1) is 0 Å². The van der Waals surface area contributed by atoms with Crippen LogP contribution in [0, 0.1) is 0 Å². The fourth-order valence-electron chi connectivity index (χ4n) is 2.83. The van der Waals surface area contributed by atoms with E-state index in [-0.39, 0.29) is 24.8 Å². The van der Waals surface area contributed by atoms with E-state index < -0.39 is 0 Å². The maximum atomic E-state index is 12.4. The number of fused-ring (bicyclic) bond motifs is 2. The number of hydrogen-bond acceptors (Lipinski definition) is 4. The van der Waals surface area contributed by atoms with Crippen molar-refractivity contribution in [3.63, 3.8) is 0 Å². The zero-order valence-corrected chi connectivity index (χ0v) is 13.3. The summed E-state index contributed by atoms with van der Waals surface area (Å²) in [6.07, 6.45) is 1.89. The lowest BCUT2D eigenvalue weighted by atomic mass is 10.1. The lowest BCUT2D eigenvalue weighted by Gasteiger charge is -2.18. The molecule has 124 valence electrons. The molecule has 3 aromatic rings. The Balaban J connectivity index is 1.52. The van der Waals surface area contributed by atoms with Crippen LogP contribution in [0.5, 0.6) is 5.75 Å². The second-order valence-electron chi connectivity index (χ2n) is 5.77. The first-order chi connectivity index (χ1) is 12.2. The van der Waals surface area contributed by atoms with E-state index in [1.165, 1.54) is 0 Å². The van der Waals surface area contributed by atoms with Gasteiger partial charge in [-0.2, -0.15) is 0 Å². The van der Waals surface area contributed by atoms with Crippen LogP contribution in [-0.2, 0) is 16.0 Å². The molecule has 1 aromatic heterocycles. The second-order valence-corrected chi connectivity index (χ2v) is 5.77.